The zero-order valence-electron chi connectivity index (χ0n) is 23.7. The number of unbranched alkanes of at least 4 members (excludes halogenated alkanes) is 5. The van der Waals surface area contributed by atoms with Gasteiger partial charge in [-0.05, 0) is 41.8 Å². The second-order valence-electron chi connectivity index (χ2n) is 10.3. The number of methoxy groups -OCH3 is 1. The Morgan fingerprint density at radius 1 is 0.897 bits per heavy atom. The molecule has 3 rings (SSSR count). The van der Waals surface area contributed by atoms with Crippen molar-refractivity contribution in [2.24, 2.45) is 0 Å². The first-order chi connectivity index (χ1) is 19.0. The van der Waals surface area contributed by atoms with Crippen LogP contribution in [0.5, 0.6) is 5.75 Å². The molecule has 0 aliphatic carbocycles. The molecule has 0 radical (unpaired) electrons. The van der Waals surface area contributed by atoms with Crippen molar-refractivity contribution in [2.75, 3.05) is 52.9 Å². The van der Waals surface area contributed by atoms with Crippen LogP contribution in [-0.2, 0) is 17.8 Å². The Kier molecular flexibility index (Phi) is 13.1. The topological polar surface area (TPSA) is 65.1 Å². The predicted molar refractivity (Wildman–Crippen MR) is 153 cm³/mol. The third-order valence-electron chi connectivity index (χ3n) is 7.31. The number of benzene rings is 2. The minimum absolute atomic E-state index is 0.0822. The number of piperazine rings is 1. The van der Waals surface area contributed by atoms with Crippen molar-refractivity contribution in [1.29, 1.82) is 0 Å². The Balaban J connectivity index is 1.45. The molecule has 1 N–H and O–H groups in total. The number of halogens is 1. The fourth-order valence-corrected chi connectivity index (χ4v) is 4.79. The highest BCUT2D eigenvalue weighted by Crippen LogP contribution is 2.14. The van der Waals surface area contributed by atoms with Gasteiger partial charge in [0.2, 0.25) is 5.91 Å². The van der Waals surface area contributed by atoms with Gasteiger partial charge in [-0.15, -0.1) is 0 Å². The molecular formula is C31H45FN4O3. The molecule has 1 fully saturated rings. The Morgan fingerprint density at radius 3 is 2.21 bits per heavy atom. The van der Waals surface area contributed by atoms with Gasteiger partial charge < -0.3 is 19.9 Å². The van der Waals surface area contributed by atoms with Crippen LogP contribution in [0.2, 0.25) is 0 Å². The number of nitrogens with one attached hydrogen (secondary N) is 1. The molecule has 2 aromatic carbocycles. The maximum atomic E-state index is 13.4. The summed E-state index contributed by atoms with van der Waals surface area (Å²) in [5.74, 6) is 0.633. The molecule has 0 saturated carbocycles. The van der Waals surface area contributed by atoms with Crippen molar-refractivity contribution in [3.05, 3.63) is 65.5 Å². The summed E-state index contributed by atoms with van der Waals surface area (Å²) in [5.41, 5.74) is 1.88. The van der Waals surface area contributed by atoms with E-state index in [4.69, 9.17) is 4.74 Å². The van der Waals surface area contributed by atoms with Crippen LogP contribution < -0.4 is 10.1 Å². The quantitative estimate of drug-likeness (QED) is 0.320. The van der Waals surface area contributed by atoms with Crippen LogP contribution in [0.4, 0.5) is 9.18 Å². The first-order valence-corrected chi connectivity index (χ1v) is 14.4. The van der Waals surface area contributed by atoms with E-state index in [-0.39, 0.29) is 17.8 Å². The average Bonchev–Trinajstić information content (AvgIpc) is 2.96. The normalized spacial score (nSPS) is 13.8. The largest absolute Gasteiger partial charge is 0.497 e. The zero-order valence-corrected chi connectivity index (χ0v) is 23.7. The first kappa shape index (κ1) is 30.4. The molecule has 214 valence electrons. The minimum atomic E-state index is -0.280. The molecular weight excluding hydrogens is 495 g/mol. The Bertz CT molecular complexity index is 992. The lowest BCUT2D eigenvalue weighted by Crippen LogP contribution is -2.51. The predicted octanol–water partition coefficient (Wildman–Crippen LogP) is 5.09. The fourth-order valence-electron chi connectivity index (χ4n) is 4.79. The number of ether oxygens (including phenoxy) is 1. The summed E-state index contributed by atoms with van der Waals surface area (Å²) >= 11 is 0. The SMILES string of the molecule is CCCCCCCCNC(=O)N(CCN1CCN(C(=O)Cc2ccc(OC)cc2)CC1)Cc1ccc(F)cc1. The smallest absolute Gasteiger partial charge is 0.317 e. The fraction of sp³-hybridized carbons (Fsp3) is 0.548. The van der Waals surface area contributed by atoms with E-state index in [9.17, 15) is 14.0 Å². The standard InChI is InChI=1S/C31H45FN4O3/c1-3-4-5-6-7-8-17-33-31(38)36(25-27-9-13-28(32)14-10-27)23-20-34-18-21-35(22-19-34)30(37)24-26-11-15-29(39-2)16-12-26/h9-16H,3-8,17-25H2,1-2H3,(H,33,38). The lowest BCUT2D eigenvalue weighted by Gasteiger charge is -2.36. The monoisotopic (exact) mass is 540 g/mol. The molecule has 8 heteroatoms. The zero-order chi connectivity index (χ0) is 27.9. The van der Waals surface area contributed by atoms with E-state index in [1.165, 1.54) is 37.8 Å². The van der Waals surface area contributed by atoms with Gasteiger partial charge in [0.25, 0.3) is 0 Å². The molecule has 0 aromatic heterocycles. The highest BCUT2D eigenvalue weighted by atomic mass is 19.1. The van der Waals surface area contributed by atoms with E-state index in [1.807, 2.05) is 34.1 Å². The number of carbonyl (C=O) groups is 2. The summed E-state index contributed by atoms with van der Waals surface area (Å²) in [5, 5.41) is 3.08. The van der Waals surface area contributed by atoms with Crippen LogP contribution in [0, 0.1) is 5.82 Å². The van der Waals surface area contributed by atoms with Gasteiger partial charge >= 0.3 is 6.03 Å². The Morgan fingerprint density at radius 2 is 1.54 bits per heavy atom. The highest BCUT2D eigenvalue weighted by molar-refractivity contribution is 5.79. The summed E-state index contributed by atoms with van der Waals surface area (Å²) in [6.45, 7) is 7.51. The number of urea groups is 1. The molecule has 7 nitrogen and oxygen atoms in total. The van der Waals surface area contributed by atoms with Gasteiger partial charge in [-0.3, -0.25) is 9.69 Å². The van der Waals surface area contributed by atoms with Crippen LogP contribution in [-0.4, -0.2) is 79.6 Å². The van der Waals surface area contributed by atoms with Crippen LogP contribution in [0.3, 0.4) is 0 Å². The van der Waals surface area contributed by atoms with Gasteiger partial charge in [0.05, 0.1) is 13.5 Å². The number of amides is 3. The average molecular weight is 541 g/mol. The second-order valence-corrected chi connectivity index (χ2v) is 10.3. The summed E-state index contributed by atoms with van der Waals surface area (Å²) in [4.78, 5) is 31.9. The van der Waals surface area contributed by atoms with E-state index >= 15 is 0 Å². The van der Waals surface area contributed by atoms with E-state index < -0.39 is 0 Å². The van der Waals surface area contributed by atoms with Crippen molar-refractivity contribution < 1.29 is 18.7 Å². The maximum absolute atomic E-state index is 13.4. The lowest BCUT2D eigenvalue weighted by atomic mass is 10.1. The van der Waals surface area contributed by atoms with Crippen molar-refractivity contribution in [1.82, 2.24) is 20.0 Å². The molecule has 0 atom stereocenters. The van der Waals surface area contributed by atoms with Gasteiger partial charge in [-0.25, -0.2) is 9.18 Å². The third kappa shape index (κ3) is 10.9. The van der Waals surface area contributed by atoms with Gasteiger partial charge in [0.15, 0.2) is 0 Å². The molecule has 3 amide bonds. The van der Waals surface area contributed by atoms with Gasteiger partial charge in [-0.1, -0.05) is 63.3 Å². The molecule has 0 unspecified atom stereocenters. The van der Waals surface area contributed by atoms with E-state index in [2.05, 4.69) is 17.1 Å². The lowest BCUT2D eigenvalue weighted by molar-refractivity contribution is -0.132. The summed E-state index contributed by atoms with van der Waals surface area (Å²) in [7, 11) is 1.63. The number of nitrogens with zero attached hydrogens (tertiary/aromatic N) is 3. The number of rotatable bonds is 15. The number of hydrogen-bond donors (Lipinski definition) is 1. The minimum Gasteiger partial charge on any atom is -0.497 e. The van der Waals surface area contributed by atoms with Crippen molar-refractivity contribution in [2.45, 2.75) is 58.4 Å². The first-order valence-electron chi connectivity index (χ1n) is 14.4. The van der Waals surface area contributed by atoms with Crippen molar-refractivity contribution in [3.63, 3.8) is 0 Å². The summed E-state index contributed by atoms with van der Waals surface area (Å²) in [6.07, 6.45) is 7.44. The maximum Gasteiger partial charge on any atom is 0.317 e. The molecule has 2 aromatic rings. The number of hydrogen-bond acceptors (Lipinski definition) is 4. The van der Waals surface area contributed by atoms with Gasteiger partial charge in [-0.2, -0.15) is 0 Å². The third-order valence-corrected chi connectivity index (χ3v) is 7.31. The molecule has 39 heavy (non-hydrogen) atoms. The summed E-state index contributed by atoms with van der Waals surface area (Å²) < 4.78 is 18.6. The van der Waals surface area contributed by atoms with E-state index in [0.29, 0.717) is 39.1 Å². The molecule has 1 aliphatic heterocycles. The molecule has 0 bridgehead atoms. The van der Waals surface area contributed by atoms with E-state index in [1.54, 1.807) is 19.2 Å². The van der Waals surface area contributed by atoms with Crippen molar-refractivity contribution in [3.8, 4) is 5.75 Å². The molecule has 1 heterocycles. The van der Waals surface area contributed by atoms with Crippen LogP contribution in [0.1, 0.15) is 56.6 Å². The van der Waals surface area contributed by atoms with Gasteiger partial charge in [0.1, 0.15) is 11.6 Å². The molecule has 1 saturated heterocycles. The van der Waals surface area contributed by atoms with Crippen LogP contribution in [0.25, 0.3) is 0 Å². The van der Waals surface area contributed by atoms with Crippen LogP contribution in [0.15, 0.2) is 48.5 Å². The second kappa shape index (κ2) is 16.7. The van der Waals surface area contributed by atoms with Crippen LogP contribution >= 0.6 is 0 Å². The van der Waals surface area contributed by atoms with Crippen molar-refractivity contribution >= 4 is 11.9 Å². The summed E-state index contributed by atoms with van der Waals surface area (Å²) in [6, 6.07) is 13.9. The van der Waals surface area contributed by atoms with E-state index in [0.717, 1.165) is 49.4 Å². The number of carbonyl (C=O) groups excluding carboxylic acids is 2. The Hall–Kier alpha value is -3.13. The highest BCUT2D eigenvalue weighted by Gasteiger charge is 2.22. The Labute approximate surface area is 233 Å². The van der Waals surface area contributed by atoms with Gasteiger partial charge in [0, 0.05) is 52.4 Å². The molecule has 0 spiro atoms. The molecule has 1 aliphatic rings.